The number of nitrogens with zero attached hydrogens (tertiary/aromatic N) is 2. The highest BCUT2D eigenvalue weighted by Crippen LogP contribution is 2.26. The molecule has 0 radical (unpaired) electrons. The van der Waals surface area contributed by atoms with E-state index in [1.165, 1.54) is 19.3 Å². The van der Waals surface area contributed by atoms with E-state index in [4.69, 9.17) is 5.73 Å². The lowest BCUT2D eigenvalue weighted by Gasteiger charge is -2.30. The minimum absolute atomic E-state index is 0.703. The number of hydrogen-bond acceptors (Lipinski definition) is 1. The molecule has 0 spiro atoms. The molecule has 2 N–H and O–H groups in total. The van der Waals surface area contributed by atoms with Gasteiger partial charge >= 0.3 is 0 Å². The number of aliphatic imine (C=N–C) groups is 1. The predicted molar refractivity (Wildman–Crippen MR) is 56.8 cm³/mol. The van der Waals surface area contributed by atoms with Crippen molar-refractivity contribution in [1.29, 1.82) is 0 Å². The second-order valence-electron chi connectivity index (χ2n) is 3.92. The molecule has 1 rings (SSSR count). The fourth-order valence-electron chi connectivity index (χ4n) is 1.50. The quantitative estimate of drug-likeness (QED) is 0.529. The van der Waals surface area contributed by atoms with Crippen molar-refractivity contribution in [3.8, 4) is 0 Å². The summed E-state index contributed by atoms with van der Waals surface area (Å²) in [5.41, 5.74) is 5.81. The molecule has 0 aromatic rings. The highest BCUT2D eigenvalue weighted by atomic mass is 15.2. The first-order valence-corrected chi connectivity index (χ1v) is 5.25. The van der Waals surface area contributed by atoms with E-state index in [0.29, 0.717) is 5.96 Å². The molecule has 0 aliphatic heterocycles. The van der Waals surface area contributed by atoms with Gasteiger partial charge in [-0.2, -0.15) is 0 Å². The van der Waals surface area contributed by atoms with Crippen LogP contribution in [-0.2, 0) is 0 Å². The molecule has 0 saturated heterocycles. The zero-order valence-electron chi connectivity index (χ0n) is 8.79. The monoisotopic (exact) mass is 183 g/mol. The summed E-state index contributed by atoms with van der Waals surface area (Å²) in [6.07, 6.45) is 5.19. The number of guanidine groups is 1. The molecular formula is C10H21N3. The summed E-state index contributed by atoms with van der Waals surface area (Å²) in [7, 11) is 2.03. The summed E-state index contributed by atoms with van der Waals surface area (Å²) in [6.45, 7) is 4.04. The van der Waals surface area contributed by atoms with Crippen LogP contribution >= 0.6 is 0 Å². The Balaban J connectivity index is 2.23. The molecule has 0 heterocycles. The van der Waals surface area contributed by atoms with Crippen LogP contribution in [0.15, 0.2) is 4.99 Å². The second kappa shape index (κ2) is 5.10. The summed E-state index contributed by atoms with van der Waals surface area (Å²) in [4.78, 5) is 6.36. The van der Waals surface area contributed by atoms with E-state index in [1.807, 2.05) is 7.05 Å². The Kier molecular flexibility index (Phi) is 4.06. The standard InChI is InChI=1S/C10H21N3/c1-3-7-12-10(11)13(2)8-9-5-4-6-9/h9H,3-8H2,1-2H3,(H2,11,12). The van der Waals surface area contributed by atoms with Gasteiger partial charge < -0.3 is 10.6 Å². The first kappa shape index (κ1) is 10.4. The fraction of sp³-hybridized carbons (Fsp3) is 0.900. The lowest BCUT2D eigenvalue weighted by Crippen LogP contribution is -2.39. The Morgan fingerprint density at radius 1 is 1.54 bits per heavy atom. The van der Waals surface area contributed by atoms with Crippen molar-refractivity contribution in [1.82, 2.24) is 4.90 Å². The molecule has 1 aliphatic rings. The molecule has 1 saturated carbocycles. The highest BCUT2D eigenvalue weighted by molar-refractivity contribution is 5.77. The molecule has 1 aliphatic carbocycles. The van der Waals surface area contributed by atoms with Crippen LogP contribution in [0.4, 0.5) is 0 Å². The Labute approximate surface area is 81.0 Å². The zero-order valence-corrected chi connectivity index (χ0v) is 8.79. The van der Waals surface area contributed by atoms with Crippen molar-refractivity contribution < 1.29 is 0 Å². The lowest BCUT2D eigenvalue weighted by molar-refractivity contribution is 0.257. The van der Waals surface area contributed by atoms with E-state index in [9.17, 15) is 0 Å². The maximum Gasteiger partial charge on any atom is 0.190 e. The third-order valence-electron chi connectivity index (χ3n) is 2.65. The Morgan fingerprint density at radius 3 is 2.69 bits per heavy atom. The molecule has 0 aromatic carbocycles. The van der Waals surface area contributed by atoms with Gasteiger partial charge in [-0.3, -0.25) is 4.99 Å². The lowest BCUT2D eigenvalue weighted by atomic mass is 9.85. The van der Waals surface area contributed by atoms with E-state index in [1.54, 1.807) is 0 Å². The smallest absolute Gasteiger partial charge is 0.190 e. The SMILES string of the molecule is CCCN=C(N)N(C)CC1CCC1. The van der Waals surface area contributed by atoms with Gasteiger partial charge in [0.25, 0.3) is 0 Å². The molecule has 76 valence electrons. The first-order chi connectivity index (χ1) is 6.24. The molecule has 3 heteroatoms. The molecule has 13 heavy (non-hydrogen) atoms. The topological polar surface area (TPSA) is 41.6 Å². The Hall–Kier alpha value is -0.730. The van der Waals surface area contributed by atoms with Crippen LogP contribution in [-0.4, -0.2) is 31.0 Å². The van der Waals surface area contributed by atoms with Crippen molar-refractivity contribution >= 4 is 5.96 Å². The molecule has 0 atom stereocenters. The number of hydrogen-bond donors (Lipinski definition) is 1. The average Bonchev–Trinajstić information content (AvgIpc) is 2.06. The second-order valence-corrected chi connectivity index (χ2v) is 3.92. The molecule has 0 amide bonds. The molecule has 1 fully saturated rings. The summed E-state index contributed by atoms with van der Waals surface area (Å²) in [6, 6.07) is 0. The van der Waals surface area contributed by atoms with Gasteiger partial charge in [-0.05, 0) is 25.2 Å². The van der Waals surface area contributed by atoms with Crippen LogP contribution in [0.2, 0.25) is 0 Å². The maximum atomic E-state index is 5.81. The number of rotatable bonds is 4. The van der Waals surface area contributed by atoms with Gasteiger partial charge in [0.1, 0.15) is 0 Å². The van der Waals surface area contributed by atoms with Gasteiger partial charge in [0, 0.05) is 20.1 Å². The molecular weight excluding hydrogens is 162 g/mol. The van der Waals surface area contributed by atoms with Crippen molar-refractivity contribution in [3.05, 3.63) is 0 Å². The predicted octanol–water partition coefficient (Wildman–Crippen LogP) is 1.44. The molecule has 3 nitrogen and oxygen atoms in total. The average molecular weight is 183 g/mol. The van der Waals surface area contributed by atoms with E-state index < -0.39 is 0 Å². The van der Waals surface area contributed by atoms with E-state index in [-0.39, 0.29) is 0 Å². The van der Waals surface area contributed by atoms with Crippen molar-refractivity contribution in [2.45, 2.75) is 32.6 Å². The summed E-state index contributed by atoms with van der Waals surface area (Å²) in [5, 5.41) is 0. The molecule has 0 aromatic heterocycles. The first-order valence-electron chi connectivity index (χ1n) is 5.25. The van der Waals surface area contributed by atoms with Gasteiger partial charge in [-0.25, -0.2) is 0 Å². The number of nitrogens with two attached hydrogens (primary N) is 1. The van der Waals surface area contributed by atoms with E-state index in [2.05, 4.69) is 16.8 Å². The van der Waals surface area contributed by atoms with Gasteiger partial charge in [0.15, 0.2) is 5.96 Å². The van der Waals surface area contributed by atoms with Crippen molar-refractivity contribution in [2.75, 3.05) is 20.1 Å². The van der Waals surface area contributed by atoms with Crippen molar-refractivity contribution in [3.63, 3.8) is 0 Å². The van der Waals surface area contributed by atoms with Gasteiger partial charge in [-0.1, -0.05) is 13.3 Å². The van der Waals surface area contributed by atoms with E-state index in [0.717, 1.165) is 25.4 Å². The van der Waals surface area contributed by atoms with Crippen molar-refractivity contribution in [2.24, 2.45) is 16.6 Å². The van der Waals surface area contributed by atoms with Crippen LogP contribution in [0, 0.1) is 5.92 Å². The third-order valence-corrected chi connectivity index (χ3v) is 2.65. The normalized spacial score (nSPS) is 18.5. The largest absolute Gasteiger partial charge is 0.370 e. The third kappa shape index (κ3) is 3.25. The zero-order chi connectivity index (χ0) is 9.68. The van der Waals surface area contributed by atoms with Crippen LogP contribution in [0.3, 0.4) is 0 Å². The minimum atomic E-state index is 0.703. The van der Waals surface area contributed by atoms with Gasteiger partial charge in [0.2, 0.25) is 0 Å². The minimum Gasteiger partial charge on any atom is -0.370 e. The van der Waals surface area contributed by atoms with Gasteiger partial charge in [-0.15, -0.1) is 0 Å². The Bertz CT molecular complexity index is 173. The molecule has 0 unspecified atom stereocenters. The van der Waals surface area contributed by atoms with Gasteiger partial charge in [0.05, 0.1) is 0 Å². The van der Waals surface area contributed by atoms with Crippen LogP contribution in [0.5, 0.6) is 0 Å². The van der Waals surface area contributed by atoms with Crippen LogP contribution < -0.4 is 5.73 Å². The van der Waals surface area contributed by atoms with E-state index >= 15 is 0 Å². The van der Waals surface area contributed by atoms with Crippen LogP contribution in [0.1, 0.15) is 32.6 Å². The summed E-state index contributed by atoms with van der Waals surface area (Å²) >= 11 is 0. The van der Waals surface area contributed by atoms with Crippen LogP contribution in [0.25, 0.3) is 0 Å². The molecule has 0 bridgehead atoms. The Morgan fingerprint density at radius 2 is 2.23 bits per heavy atom. The fourth-order valence-corrected chi connectivity index (χ4v) is 1.50. The highest BCUT2D eigenvalue weighted by Gasteiger charge is 2.19. The summed E-state index contributed by atoms with van der Waals surface area (Å²) < 4.78 is 0. The summed E-state index contributed by atoms with van der Waals surface area (Å²) in [5.74, 6) is 1.56. The maximum absolute atomic E-state index is 5.81.